The van der Waals surface area contributed by atoms with Gasteiger partial charge < -0.3 is 4.90 Å². The second kappa shape index (κ2) is 5.58. The third kappa shape index (κ3) is 4.42. The van der Waals surface area contributed by atoms with E-state index in [0.717, 1.165) is 11.0 Å². The molecule has 0 fully saturated rings. The highest BCUT2D eigenvalue weighted by atomic mass is 35.5. The van der Waals surface area contributed by atoms with Crippen LogP contribution >= 0.6 is 11.6 Å². The minimum atomic E-state index is -4.32. The predicted molar refractivity (Wildman–Crippen MR) is 59.9 cm³/mol. The Balaban J connectivity index is 2.99. The smallest absolute Gasteiger partial charge is 0.363 e. The lowest BCUT2D eigenvalue weighted by molar-refractivity contribution is -0.119. The summed E-state index contributed by atoms with van der Waals surface area (Å²) in [6.45, 7) is 0.621. The quantitative estimate of drug-likeness (QED) is 0.591. The topological polar surface area (TPSA) is 3.24 Å². The van der Waals surface area contributed by atoms with Crippen LogP contribution in [0.25, 0.3) is 0 Å². The van der Waals surface area contributed by atoms with Crippen molar-refractivity contribution in [3.05, 3.63) is 29.6 Å². The molecule has 0 aromatic heterocycles. The van der Waals surface area contributed by atoms with Crippen LogP contribution in [0.4, 0.5) is 23.2 Å². The summed E-state index contributed by atoms with van der Waals surface area (Å²) in [7, 11) is 0. The summed E-state index contributed by atoms with van der Waals surface area (Å²) in [5.74, 6) is -0.521. The van der Waals surface area contributed by atoms with E-state index in [0.29, 0.717) is 5.56 Å². The molecule has 17 heavy (non-hydrogen) atoms. The van der Waals surface area contributed by atoms with Crippen LogP contribution < -0.4 is 4.90 Å². The molecular weight excluding hydrogens is 258 g/mol. The number of alkyl halides is 4. The monoisotopic (exact) mass is 269 g/mol. The fourth-order valence-electron chi connectivity index (χ4n) is 1.50. The molecule has 0 N–H and O–H groups in total. The van der Waals surface area contributed by atoms with Crippen molar-refractivity contribution in [3.63, 3.8) is 0 Å². The van der Waals surface area contributed by atoms with Crippen LogP contribution in [0.2, 0.25) is 0 Å². The molecular formula is C11H12ClF4N. The van der Waals surface area contributed by atoms with Gasteiger partial charge in [-0.15, -0.1) is 11.6 Å². The van der Waals surface area contributed by atoms with Crippen molar-refractivity contribution in [2.45, 2.75) is 19.0 Å². The van der Waals surface area contributed by atoms with Gasteiger partial charge in [-0.2, -0.15) is 13.2 Å². The Kier molecular flexibility index (Phi) is 4.62. The van der Waals surface area contributed by atoms with Crippen molar-refractivity contribution < 1.29 is 17.6 Å². The molecule has 6 heteroatoms. The van der Waals surface area contributed by atoms with Gasteiger partial charge in [-0.25, -0.2) is 4.39 Å². The molecule has 1 aromatic carbocycles. The van der Waals surface area contributed by atoms with Gasteiger partial charge >= 0.3 is 6.18 Å². The summed E-state index contributed by atoms with van der Waals surface area (Å²) in [4.78, 5) is 1.05. The van der Waals surface area contributed by atoms with E-state index in [-0.39, 0.29) is 18.1 Å². The fourth-order valence-corrected chi connectivity index (χ4v) is 1.65. The maximum Gasteiger partial charge on any atom is 0.405 e. The second-order valence-corrected chi connectivity index (χ2v) is 3.85. The molecule has 0 heterocycles. The van der Waals surface area contributed by atoms with E-state index >= 15 is 0 Å². The van der Waals surface area contributed by atoms with E-state index in [2.05, 4.69) is 0 Å². The molecule has 96 valence electrons. The lowest BCUT2D eigenvalue weighted by Gasteiger charge is -2.24. The van der Waals surface area contributed by atoms with Crippen molar-refractivity contribution >= 4 is 17.3 Å². The van der Waals surface area contributed by atoms with Crippen LogP contribution in [-0.4, -0.2) is 19.3 Å². The van der Waals surface area contributed by atoms with Crippen LogP contribution in [-0.2, 0) is 5.88 Å². The number of hydrogen-bond donors (Lipinski definition) is 0. The molecule has 0 aliphatic heterocycles. The Bertz CT molecular complexity index is 378. The van der Waals surface area contributed by atoms with E-state index in [4.69, 9.17) is 11.6 Å². The zero-order valence-corrected chi connectivity index (χ0v) is 9.95. The zero-order chi connectivity index (χ0) is 13.1. The standard InChI is InChI=1S/C11H12ClF4N/c1-2-17(7-11(14,15)16)10-4-8(6-12)3-9(13)5-10/h3-5H,2,6-7H2,1H3. The summed E-state index contributed by atoms with van der Waals surface area (Å²) in [5.41, 5.74) is 0.655. The largest absolute Gasteiger partial charge is 0.405 e. The summed E-state index contributed by atoms with van der Waals surface area (Å²) < 4.78 is 50.1. The average molecular weight is 270 g/mol. The third-order valence-corrected chi connectivity index (χ3v) is 2.52. The van der Waals surface area contributed by atoms with Gasteiger partial charge in [-0.3, -0.25) is 0 Å². The zero-order valence-electron chi connectivity index (χ0n) is 9.19. The molecule has 0 radical (unpaired) electrons. The Morgan fingerprint density at radius 2 is 1.88 bits per heavy atom. The molecule has 0 bridgehead atoms. The van der Waals surface area contributed by atoms with Gasteiger partial charge in [0.1, 0.15) is 12.4 Å². The number of halogens is 5. The maximum absolute atomic E-state index is 13.2. The lowest BCUT2D eigenvalue weighted by atomic mass is 10.2. The van der Waals surface area contributed by atoms with Gasteiger partial charge in [0.25, 0.3) is 0 Å². The SMILES string of the molecule is CCN(CC(F)(F)F)c1cc(F)cc(CCl)c1. The Morgan fingerprint density at radius 3 is 2.35 bits per heavy atom. The van der Waals surface area contributed by atoms with Crippen molar-refractivity contribution in [3.8, 4) is 0 Å². The van der Waals surface area contributed by atoms with E-state index < -0.39 is 18.5 Å². The minimum absolute atomic E-state index is 0.0638. The average Bonchev–Trinajstić information content (AvgIpc) is 2.23. The summed E-state index contributed by atoms with van der Waals surface area (Å²) in [6.07, 6.45) is -4.32. The van der Waals surface area contributed by atoms with Gasteiger partial charge in [0.05, 0.1) is 0 Å². The van der Waals surface area contributed by atoms with Crippen LogP contribution in [0.1, 0.15) is 12.5 Å². The van der Waals surface area contributed by atoms with Crippen molar-refractivity contribution in [2.24, 2.45) is 0 Å². The van der Waals surface area contributed by atoms with Gasteiger partial charge in [-0.1, -0.05) is 0 Å². The Hall–Kier alpha value is -0.970. The molecule has 1 nitrogen and oxygen atoms in total. The van der Waals surface area contributed by atoms with Crippen LogP contribution in [0.15, 0.2) is 18.2 Å². The molecule has 0 spiro atoms. The second-order valence-electron chi connectivity index (χ2n) is 3.58. The number of nitrogens with zero attached hydrogens (tertiary/aromatic N) is 1. The van der Waals surface area contributed by atoms with Gasteiger partial charge in [0.15, 0.2) is 0 Å². The molecule has 0 amide bonds. The molecule has 0 saturated heterocycles. The third-order valence-electron chi connectivity index (χ3n) is 2.21. The van der Waals surface area contributed by atoms with Crippen molar-refractivity contribution in [1.82, 2.24) is 0 Å². The number of hydrogen-bond acceptors (Lipinski definition) is 1. The number of benzene rings is 1. The molecule has 1 aromatic rings. The van der Waals surface area contributed by atoms with Crippen LogP contribution in [0.5, 0.6) is 0 Å². The molecule has 0 atom stereocenters. The Labute approximate surface area is 102 Å². The highest BCUT2D eigenvalue weighted by molar-refractivity contribution is 6.17. The summed E-state index contributed by atoms with van der Waals surface area (Å²) in [5, 5.41) is 0. The van der Waals surface area contributed by atoms with Crippen molar-refractivity contribution in [2.75, 3.05) is 18.0 Å². The first kappa shape index (κ1) is 14.1. The van der Waals surface area contributed by atoms with Crippen LogP contribution in [0, 0.1) is 5.82 Å². The number of anilines is 1. The van der Waals surface area contributed by atoms with Gasteiger partial charge in [0, 0.05) is 18.1 Å². The fraction of sp³-hybridized carbons (Fsp3) is 0.455. The molecule has 0 aliphatic rings. The first-order valence-electron chi connectivity index (χ1n) is 5.03. The molecule has 0 saturated carbocycles. The summed E-state index contributed by atoms with van der Waals surface area (Å²) >= 11 is 5.54. The lowest BCUT2D eigenvalue weighted by Crippen LogP contribution is -2.34. The van der Waals surface area contributed by atoms with Gasteiger partial charge in [-0.05, 0) is 30.7 Å². The normalized spacial score (nSPS) is 11.6. The van der Waals surface area contributed by atoms with E-state index in [1.54, 1.807) is 6.92 Å². The first-order chi connectivity index (χ1) is 7.85. The van der Waals surface area contributed by atoms with E-state index in [1.807, 2.05) is 0 Å². The minimum Gasteiger partial charge on any atom is -0.363 e. The maximum atomic E-state index is 13.2. The van der Waals surface area contributed by atoms with Crippen LogP contribution in [0.3, 0.4) is 0 Å². The molecule has 0 aliphatic carbocycles. The highest BCUT2D eigenvalue weighted by Crippen LogP contribution is 2.24. The predicted octanol–water partition coefficient (Wildman–Crippen LogP) is 3.95. The van der Waals surface area contributed by atoms with E-state index in [1.165, 1.54) is 12.1 Å². The molecule has 0 unspecified atom stereocenters. The summed E-state index contributed by atoms with van der Waals surface area (Å²) in [6, 6.07) is 3.74. The van der Waals surface area contributed by atoms with E-state index in [9.17, 15) is 17.6 Å². The first-order valence-corrected chi connectivity index (χ1v) is 5.56. The van der Waals surface area contributed by atoms with Crippen molar-refractivity contribution in [1.29, 1.82) is 0 Å². The molecule has 1 rings (SSSR count). The highest BCUT2D eigenvalue weighted by Gasteiger charge is 2.30. The van der Waals surface area contributed by atoms with Gasteiger partial charge in [0.2, 0.25) is 0 Å². The number of rotatable bonds is 4. The Morgan fingerprint density at radius 1 is 1.24 bits per heavy atom.